The van der Waals surface area contributed by atoms with Crippen LogP contribution in [0.5, 0.6) is 0 Å². The van der Waals surface area contributed by atoms with Gasteiger partial charge in [-0.3, -0.25) is 9.78 Å². The van der Waals surface area contributed by atoms with Crippen LogP contribution < -0.4 is 0 Å². The molecule has 6 heteroatoms. The summed E-state index contributed by atoms with van der Waals surface area (Å²) in [6.45, 7) is 9.02. The smallest absolute Gasteiger partial charge is 0.161 e. The Labute approximate surface area is 211 Å². The van der Waals surface area contributed by atoms with Crippen LogP contribution in [-0.4, -0.2) is 27.2 Å². The fourth-order valence-corrected chi connectivity index (χ4v) is 8.80. The minimum Gasteiger partial charge on any atom is -0.391 e. The first-order valence-electron chi connectivity index (χ1n) is 12.8. The van der Waals surface area contributed by atoms with Crippen molar-refractivity contribution in [3.63, 3.8) is 0 Å². The number of nitrogens with zero attached hydrogens (tertiary/aromatic N) is 2. The number of pyridine rings is 1. The van der Waals surface area contributed by atoms with Gasteiger partial charge in [0.2, 0.25) is 0 Å². The summed E-state index contributed by atoms with van der Waals surface area (Å²) < 4.78 is 0.940. The zero-order valence-electron chi connectivity index (χ0n) is 20.8. The van der Waals surface area contributed by atoms with Crippen molar-refractivity contribution < 1.29 is 14.7 Å². The van der Waals surface area contributed by atoms with Gasteiger partial charge in [-0.05, 0) is 109 Å². The fourth-order valence-electron chi connectivity index (χ4n) is 8.39. The molecule has 3 fully saturated rings. The van der Waals surface area contributed by atoms with E-state index in [1.54, 1.807) is 19.3 Å². The van der Waals surface area contributed by atoms with E-state index in [2.05, 4.69) is 52.9 Å². The molecule has 34 heavy (non-hydrogen) atoms. The normalized spacial score (nSPS) is 42.4. The van der Waals surface area contributed by atoms with Crippen molar-refractivity contribution in [2.75, 3.05) is 0 Å². The van der Waals surface area contributed by atoms with E-state index in [0.29, 0.717) is 36.7 Å². The second-order valence-corrected chi connectivity index (χ2v) is 12.7. The third-order valence-electron chi connectivity index (χ3n) is 10.2. The van der Waals surface area contributed by atoms with Crippen LogP contribution >= 0.6 is 15.9 Å². The molecule has 7 atom stereocenters. The van der Waals surface area contributed by atoms with Crippen LogP contribution in [0, 0.1) is 34.5 Å². The lowest BCUT2D eigenvalue weighted by atomic mass is 9.44. The zero-order valence-corrected chi connectivity index (χ0v) is 22.4. The summed E-state index contributed by atoms with van der Waals surface area (Å²) in [6, 6.07) is 2.00. The largest absolute Gasteiger partial charge is 0.391 e. The van der Waals surface area contributed by atoms with Crippen LogP contribution in [0.25, 0.3) is 0 Å². The second-order valence-electron chi connectivity index (χ2n) is 11.8. The minimum atomic E-state index is -1.14. The third-order valence-corrected chi connectivity index (χ3v) is 10.6. The van der Waals surface area contributed by atoms with E-state index in [-0.39, 0.29) is 16.6 Å². The molecule has 1 heterocycles. The van der Waals surface area contributed by atoms with E-state index in [4.69, 9.17) is 4.84 Å². The van der Waals surface area contributed by atoms with E-state index in [9.17, 15) is 9.90 Å². The Balaban J connectivity index is 1.36. The number of Topliss-reactive ketones (excluding diaryl/α,β-unsaturated/α-hetero) is 1. The van der Waals surface area contributed by atoms with E-state index in [1.165, 1.54) is 5.57 Å². The lowest BCUT2D eigenvalue weighted by molar-refractivity contribution is -0.160. The lowest BCUT2D eigenvalue weighted by Gasteiger charge is -2.60. The molecule has 1 aromatic rings. The highest BCUT2D eigenvalue weighted by Crippen LogP contribution is 2.68. The number of fused-ring (bicyclic) bond motifs is 5. The molecule has 4 aliphatic rings. The molecule has 5 rings (SSSR count). The van der Waals surface area contributed by atoms with Gasteiger partial charge in [0.15, 0.2) is 5.78 Å². The molecule has 1 N–H and O–H groups in total. The molecule has 0 aromatic carbocycles. The quantitative estimate of drug-likeness (QED) is 0.469. The predicted molar refractivity (Wildman–Crippen MR) is 136 cm³/mol. The van der Waals surface area contributed by atoms with Crippen LogP contribution in [0.4, 0.5) is 0 Å². The summed E-state index contributed by atoms with van der Waals surface area (Å²) in [7, 11) is 0. The number of hydrogen-bond acceptors (Lipinski definition) is 5. The first-order valence-corrected chi connectivity index (χ1v) is 13.6. The van der Waals surface area contributed by atoms with Gasteiger partial charge in [0.05, 0.1) is 5.71 Å². The number of halogens is 1. The van der Waals surface area contributed by atoms with E-state index in [0.717, 1.165) is 54.3 Å². The van der Waals surface area contributed by atoms with Crippen molar-refractivity contribution in [2.24, 2.45) is 39.7 Å². The van der Waals surface area contributed by atoms with Crippen LogP contribution in [-0.2, 0) is 16.2 Å². The van der Waals surface area contributed by atoms with Crippen molar-refractivity contribution >= 4 is 27.4 Å². The van der Waals surface area contributed by atoms with Crippen molar-refractivity contribution in [1.82, 2.24) is 4.98 Å². The Morgan fingerprint density at radius 1 is 1.24 bits per heavy atom. The third kappa shape index (κ3) is 3.62. The number of allylic oxidation sites excluding steroid dienone is 2. The summed E-state index contributed by atoms with van der Waals surface area (Å²) in [5.41, 5.74) is 2.29. The van der Waals surface area contributed by atoms with Gasteiger partial charge in [-0.2, -0.15) is 0 Å². The fraction of sp³-hybridized carbons (Fsp3) is 0.679. The number of aliphatic hydroxyl groups is 1. The van der Waals surface area contributed by atoms with E-state index in [1.807, 2.05) is 6.07 Å². The van der Waals surface area contributed by atoms with Gasteiger partial charge in [-0.25, -0.2) is 0 Å². The molecule has 4 aliphatic carbocycles. The molecule has 0 saturated heterocycles. The predicted octanol–water partition coefficient (Wildman–Crippen LogP) is 6.25. The van der Waals surface area contributed by atoms with Gasteiger partial charge >= 0.3 is 0 Å². The SMILES string of the molecule is CC(=O)[C@@]1(O)CC[C@H]2[C@@H]3C[C@H](C)C4=CC(=NOCc5cncc(Br)c5)CC[C@]4(C)[C@H]3CC[C@@]21C. The maximum atomic E-state index is 12.5. The summed E-state index contributed by atoms with van der Waals surface area (Å²) in [6.07, 6.45) is 12.7. The minimum absolute atomic E-state index is 0.0382. The average Bonchev–Trinajstić information content (AvgIpc) is 3.07. The molecule has 0 radical (unpaired) electrons. The summed E-state index contributed by atoms with van der Waals surface area (Å²) in [5, 5.41) is 15.9. The number of oxime groups is 1. The Hall–Kier alpha value is -1.53. The maximum Gasteiger partial charge on any atom is 0.161 e. The molecule has 1 aromatic heterocycles. The first-order chi connectivity index (χ1) is 16.1. The van der Waals surface area contributed by atoms with Crippen molar-refractivity contribution in [1.29, 1.82) is 0 Å². The molecule has 5 nitrogen and oxygen atoms in total. The average molecular weight is 530 g/mol. The van der Waals surface area contributed by atoms with Gasteiger partial charge in [0.1, 0.15) is 12.2 Å². The second kappa shape index (κ2) is 8.55. The maximum absolute atomic E-state index is 12.5. The van der Waals surface area contributed by atoms with Gasteiger partial charge in [-0.1, -0.05) is 31.5 Å². The summed E-state index contributed by atoms with van der Waals surface area (Å²) in [4.78, 5) is 22.4. The Kier molecular flexibility index (Phi) is 6.08. The molecule has 0 unspecified atom stereocenters. The first kappa shape index (κ1) is 24.2. The standard InChI is InChI=1S/C28H37BrN2O3/c1-17-11-22-23(6-9-27(4)24(22)7-10-28(27,33)18(2)32)26(3)8-5-21(13-25(17)26)31-34-16-19-12-20(29)15-30-14-19/h12-15,17,22-24,33H,5-11,16H2,1-4H3/t17-,22+,23-,24-,26+,27-,28-/m0/s1. The summed E-state index contributed by atoms with van der Waals surface area (Å²) in [5.74, 6) is 2.04. The number of carbonyl (C=O) groups excluding carboxylic acids is 1. The number of hydrogen-bond donors (Lipinski definition) is 1. The van der Waals surface area contributed by atoms with Crippen molar-refractivity contribution in [3.8, 4) is 0 Å². The lowest BCUT2D eigenvalue weighted by Crippen LogP contribution is -2.57. The molecular formula is C28H37BrN2O3. The van der Waals surface area contributed by atoms with Gasteiger partial charge in [-0.15, -0.1) is 0 Å². The molecule has 184 valence electrons. The zero-order chi connectivity index (χ0) is 24.3. The van der Waals surface area contributed by atoms with Gasteiger partial charge < -0.3 is 9.94 Å². The number of aromatic nitrogens is 1. The molecule has 0 spiro atoms. The number of ketones is 1. The van der Waals surface area contributed by atoms with Crippen LogP contribution in [0.2, 0.25) is 0 Å². The summed E-state index contributed by atoms with van der Waals surface area (Å²) >= 11 is 3.45. The highest BCUT2D eigenvalue weighted by atomic mass is 79.9. The van der Waals surface area contributed by atoms with E-state index < -0.39 is 5.60 Å². The molecular weight excluding hydrogens is 492 g/mol. The topological polar surface area (TPSA) is 71.8 Å². The number of carbonyl (C=O) groups is 1. The van der Waals surface area contributed by atoms with Crippen LogP contribution in [0.3, 0.4) is 0 Å². The van der Waals surface area contributed by atoms with Gasteiger partial charge in [0, 0.05) is 27.8 Å². The Morgan fingerprint density at radius 2 is 2.00 bits per heavy atom. The Bertz CT molecular complexity index is 1050. The molecule has 0 amide bonds. The van der Waals surface area contributed by atoms with Crippen LogP contribution in [0.1, 0.15) is 78.2 Å². The van der Waals surface area contributed by atoms with Crippen molar-refractivity contribution in [3.05, 3.63) is 40.1 Å². The number of rotatable bonds is 4. The molecule has 0 bridgehead atoms. The van der Waals surface area contributed by atoms with Gasteiger partial charge in [0.25, 0.3) is 0 Å². The molecule has 0 aliphatic heterocycles. The van der Waals surface area contributed by atoms with Crippen molar-refractivity contribution in [2.45, 2.75) is 84.8 Å². The van der Waals surface area contributed by atoms with Crippen LogP contribution in [0.15, 0.2) is 39.7 Å². The van der Waals surface area contributed by atoms with E-state index >= 15 is 0 Å². The highest BCUT2D eigenvalue weighted by Gasteiger charge is 2.66. The molecule has 3 saturated carbocycles. The monoisotopic (exact) mass is 528 g/mol. The highest BCUT2D eigenvalue weighted by molar-refractivity contribution is 9.10. The Morgan fingerprint density at radius 3 is 2.74 bits per heavy atom.